The number of amides is 1. The van der Waals surface area contributed by atoms with E-state index < -0.39 is 0 Å². The standard InChI is InChI=1S/C10H10N4O3/c1-7-5-8(14-17-7)13-9(15)6-16-10-11-3-2-4-12-10/h2-5H,6H2,1H3,(H,13,14,15). The Kier molecular flexibility index (Phi) is 3.29. The van der Waals surface area contributed by atoms with Gasteiger partial charge in [0.2, 0.25) is 0 Å². The van der Waals surface area contributed by atoms with Crippen molar-refractivity contribution in [3.8, 4) is 6.01 Å². The fraction of sp³-hybridized carbons (Fsp3) is 0.200. The summed E-state index contributed by atoms with van der Waals surface area (Å²) in [7, 11) is 0. The largest absolute Gasteiger partial charge is 0.453 e. The predicted octanol–water partition coefficient (Wildman–Crippen LogP) is 0.791. The number of hydrogen-bond donors (Lipinski definition) is 1. The van der Waals surface area contributed by atoms with Crippen LogP contribution in [0, 0.1) is 6.92 Å². The number of nitrogens with one attached hydrogen (secondary N) is 1. The molecule has 0 aromatic carbocycles. The third-order valence-electron chi connectivity index (χ3n) is 1.77. The molecule has 0 saturated carbocycles. The number of carbonyl (C=O) groups is 1. The van der Waals surface area contributed by atoms with E-state index >= 15 is 0 Å². The molecule has 0 spiro atoms. The van der Waals surface area contributed by atoms with Crippen molar-refractivity contribution in [3.05, 3.63) is 30.3 Å². The minimum Gasteiger partial charge on any atom is -0.453 e. The number of rotatable bonds is 4. The van der Waals surface area contributed by atoms with Gasteiger partial charge < -0.3 is 14.6 Å². The van der Waals surface area contributed by atoms with Gasteiger partial charge in [0.05, 0.1) is 0 Å². The number of anilines is 1. The van der Waals surface area contributed by atoms with Crippen LogP contribution in [-0.2, 0) is 4.79 Å². The lowest BCUT2D eigenvalue weighted by Crippen LogP contribution is -2.20. The molecule has 0 radical (unpaired) electrons. The summed E-state index contributed by atoms with van der Waals surface area (Å²) in [6, 6.07) is 3.42. The third-order valence-corrected chi connectivity index (χ3v) is 1.77. The van der Waals surface area contributed by atoms with E-state index in [0.29, 0.717) is 11.6 Å². The Morgan fingerprint density at radius 3 is 2.88 bits per heavy atom. The third kappa shape index (κ3) is 3.26. The molecule has 0 saturated heterocycles. The molecular formula is C10H10N4O3. The zero-order valence-corrected chi connectivity index (χ0v) is 9.08. The van der Waals surface area contributed by atoms with Crippen LogP contribution < -0.4 is 10.1 Å². The van der Waals surface area contributed by atoms with E-state index in [2.05, 4.69) is 20.4 Å². The van der Waals surface area contributed by atoms with E-state index in [-0.39, 0.29) is 18.5 Å². The SMILES string of the molecule is Cc1cc(NC(=O)COc2ncccn2)no1. The molecule has 0 aliphatic carbocycles. The van der Waals surface area contributed by atoms with Crippen molar-refractivity contribution < 1.29 is 14.1 Å². The number of hydrogen-bond acceptors (Lipinski definition) is 6. The first kappa shape index (κ1) is 11.1. The van der Waals surface area contributed by atoms with Gasteiger partial charge in [-0.2, -0.15) is 0 Å². The van der Waals surface area contributed by atoms with Gasteiger partial charge in [-0.3, -0.25) is 4.79 Å². The first-order chi connectivity index (χ1) is 8.24. The molecule has 7 nitrogen and oxygen atoms in total. The summed E-state index contributed by atoms with van der Waals surface area (Å²) in [5.41, 5.74) is 0. The van der Waals surface area contributed by atoms with E-state index in [9.17, 15) is 4.79 Å². The van der Waals surface area contributed by atoms with Crippen LogP contribution in [0.25, 0.3) is 0 Å². The maximum atomic E-state index is 11.4. The highest BCUT2D eigenvalue weighted by Gasteiger charge is 2.07. The number of nitrogens with zero attached hydrogens (tertiary/aromatic N) is 3. The monoisotopic (exact) mass is 234 g/mol. The van der Waals surface area contributed by atoms with Gasteiger partial charge in [0.1, 0.15) is 5.76 Å². The molecule has 0 fully saturated rings. The topological polar surface area (TPSA) is 90.1 Å². The van der Waals surface area contributed by atoms with E-state index in [4.69, 9.17) is 9.26 Å². The first-order valence-corrected chi connectivity index (χ1v) is 4.87. The quantitative estimate of drug-likeness (QED) is 0.841. The minimum atomic E-state index is -0.356. The second-order valence-electron chi connectivity index (χ2n) is 3.19. The van der Waals surface area contributed by atoms with E-state index in [1.807, 2.05) is 0 Å². The van der Waals surface area contributed by atoms with Crippen LogP contribution in [0.1, 0.15) is 5.76 Å². The molecule has 0 aliphatic heterocycles. The van der Waals surface area contributed by atoms with Crippen LogP contribution >= 0.6 is 0 Å². The molecule has 0 unspecified atom stereocenters. The zero-order chi connectivity index (χ0) is 12.1. The van der Waals surface area contributed by atoms with Crippen LogP contribution in [0.4, 0.5) is 5.82 Å². The Bertz CT molecular complexity index is 497. The smallest absolute Gasteiger partial charge is 0.316 e. The van der Waals surface area contributed by atoms with Crippen LogP contribution in [0.3, 0.4) is 0 Å². The maximum absolute atomic E-state index is 11.4. The maximum Gasteiger partial charge on any atom is 0.316 e. The molecule has 17 heavy (non-hydrogen) atoms. The second kappa shape index (κ2) is 5.06. The zero-order valence-electron chi connectivity index (χ0n) is 9.08. The molecule has 1 N–H and O–H groups in total. The lowest BCUT2D eigenvalue weighted by molar-refractivity contribution is -0.118. The summed E-state index contributed by atoms with van der Waals surface area (Å²) < 4.78 is 9.85. The molecule has 88 valence electrons. The Balaban J connectivity index is 1.82. The molecule has 2 rings (SSSR count). The van der Waals surface area contributed by atoms with Gasteiger partial charge in [0, 0.05) is 18.5 Å². The van der Waals surface area contributed by atoms with E-state index in [1.165, 1.54) is 12.4 Å². The summed E-state index contributed by atoms with van der Waals surface area (Å²) >= 11 is 0. The van der Waals surface area contributed by atoms with E-state index in [0.717, 1.165) is 0 Å². The van der Waals surface area contributed by atoms with Crippen molar-refractivity contribution in [1.29, 1.82) is 0 Å². The molecule has 0 aliphatic rings. The Morgan fingerprint density at radius 1 is 1.47 bits per heavy atom. The normalized spacial score (nSPS) is 9.94. The molecule has 0 bridgehead atoms. The fourth-order valence-corrected chi connectivity index (χ4v) is 1.09. The van der Waals surface area contributed by atoms with Gasteiger partial charge in [0.25, 0.3) is 5.91 Å². The van der Waals surface area contributed by atoms with Crippen molar-refractivity contribution in [2.45, 2.75) is 6.92 Å². The van der Waals surface area contributed by atoms with E-state index in [1.54, 1.807) is 19.1 Å². The predicted molar refractivity (Wildman–Crippen MR) is 57.4 cm³/mol. The van der Waals surface area contributed by atoms with Gasteiger partial charge in [-0.15, -0.1) is 0 Å². The second-order valence-corrected chi connectivity index (χ2v) is 3.19. The minimum absolute atomic E-state index is 0.152. The lowest BCUT2D eigenvalue weighted by Gasteiger charge is -2.02. The van der Waals surface area contributed by atoms with Crippen molar-refractivity contribution in [2.75, 3.05) is 11.9 Å². The summed E-state index contributed by atoms with van der Waals surface area (Å²) in [5, 5.41) is 6.13. The lowest BCUT2D eigenvalue weighted by atomic mass is 10.5. The molecule has 0 atom stereocenters. The Labute approximate surface area is 96.8 Å². The van der Waals surface area contributed by atoms with Crippen molar-refractivity contribution in [3.63, 3.8) is 0 Å². The van der Waals surface area contributed by atoms with Gasteiger partial charge >= 0.3 is 6.01 Å². The summed E-state index contributed by atoms with van der Waals surface area (Å²) in [4.78, 5) is 19.1. The Hall–Kier alpha value is -2.44. The number of ether oxygens (including phenoxy) is 1. The van der Waals surface area contributed by atoms with Gasteiger partial charge in [-0.05, 0) is 13.0 Å². The van der Waals surface area contributed by atoms with Crippen molar-refractivity contribution >= 4 is 11.7 Å². The van der Waals surface area contributed by atoms with Gasteiger partial charge in [-0.25, -0.2) is 9.97 Å². The molecule has 7 heteroatoms. The average Bonchev–Trinajstić information content (AvgIpc) is 2.73. The Morgan fingerprint density at radius 2 is 2.24 bits per heavy atom. The van der Waals surface area contributed by atoms with Crippen LogP contribution in [0.5, 0.6) is 6.01 Å². The highest BCUT2D eigenvalue weighted by atomic mass is 16.5. The first-order valence-electron chi connectivity index (χ1n) is 4.87. The van der Waals surface area contributed by atoms with Crippen LogP contribution in [-0.4, -0.2) is 27.6 Å². The van der Waals surface area contributed by atoms with Crippen LogP contribution in [0.2, 0.25) is 0 Å². The molecule has 2 aromatic heterocycles. The van der Waals surface area contributed by atoms with Crippen molar-refractivity contribution in [1.82, 2.24) is 15.1 Å². The summed E-state index contributed by atoms with van der Waals surface area (Å²) in [6.07, 6.45) is 3.06. The number of aromatic nitrogens is 3. The van der Waals surface area contributed by atoms with Crippen LogP contribution in [0.15, 0.2) is 29.0 Å². The van der Waals surface area contributed by atoms with Crippen molar-refractivity contribution in [2.24, 2.45) is 0 Å². The molecular weight excluding hydrogens is 224 g/mol. The molecule has 2 aromatic rings. The van der Waals surface area contributed by atoms with Gasteiger partial charge in [-0.1, -0.05) is 5.16 Å². The average molecular weight is 234 g/mol. The van der Waals surface area contributed by atoms with Gasteiger partial charge in [0.15, 0.2) is 12.4 Å². The molecule has 2 heterocycles. The summed E-state index contributed by atoms with van der Waals surface area (Å²) in [5.74, 6) is 0.614. The number of aryl methyl sites for hydroxylation is 1. The number of carbonyl (C=O) groups excluding carboxylic acids is 1. The highest BCUT2D eigenvalue weighted by molar-refractivity contribution is 5.90. The fourth-order valence-electron chi connectivity index (χ4n) is 1.09. The summed E-state index contributed by atoms with van der Waals surface area (Å²) in [6.45, 7) is 1.55. The molecule has 1 amide bonds. The highest BCUT2D eigenvalue weighted by Crippen LogP contribution is 2.06.